The van der Waals surface area contributed by atoms with E-state index in [0.717, 1.165) is 44.1 Å². The van der Waals surface area contributed by atoms with E-state index in [1.807, 2.05) is 0 Å². The van der Waals surface area contributed by atoms with Gasteiger partial charge in [-0.25, -0.2) is 0 Å². The molecular formula is C22H36O3. The van der Waals surface area contributed by atoms with Crippen molar-refractivity contribution in [3.63, 3.8) is 0 Å². The molecule has 0 radical (unpaired) electrons. The normalized spacial score (nSPS) is 63.5. The van der Waals surface area contributed by atoms with E-state index in [1.165, 1.54) is 25.7 Å². The van der Waals surface area contributed by atoms with Crippen molar-refractivity contribution in [2.75, 3.05) is 6.61 Å². The lowest BCUT2D eigenvalue weighted by Crippen LogP contribution is -2.58. The Balaban J connectivity index is 1.46. The van der Waals surface area contributed by atoms with Crippen molar-refractivity contribution < 1.29 is 14.9 Å². The van der Waals surface area contributed by atoms with Crippen LogP contribution in [0.4, 0.5) is 0 Å². The zero-order chi connectivity index (χ0) is 17.6. The highest BCUT2D eigenvalue weighted by Gasteiger charge is 2.66. The average molecular weight is 349 g/mol. The van der Waals surface area contributed by atoms with Gasteiger partial charge < -0.3 is 14.9 Å². The van der Waals surface area contributed by atoms with Crippen LogP contribution >= 0.6 is 0 Å². The molecule has 10 atom stereocenters. The van der Waals surface area contributed by atoms with Gasteiger partial charge in [0.1, 0.15) is 0 Å². The van der Waals surface area contributed by atoms with Crippen LogP contribution in [0, 0.1) is 40.4 Å². The SMILES string of the molecule is C[C@]12CC[C@@H](O)C[C@@H]1[C@@H](O)C[C@@H]1[C@H]2CC[C@@]2(C)[C@H]1CC[C@@H]2[C@]1(C)CO1. The van der Waals surface area contributed by atoms with Gasteiger partial charge in [-0.15, -0.1) is 0 Å². The summed E-state index contributed by atoms with van der Waals surface area (Å²) in [5.74, 6) is 3.21. The molecule has 0 aromatic heterocycles. The molecule has 4 saturated carbocycles. The first kappa shape index (κ1) is 17.0. The molecule has 0 aromatic rings. The summed E-state index contributed by atoms with van der Waals surface area (Å²) in [4.78, 5) is 0. The number of hydrogen-bond acceptors (Lipinski definition) is 3. The van der Waals surface area contributed by atoms with Gasteiger partial charge in [-0.1, -0.05) is 13.8 Å². The summed E-state index contributed by atoms with van der Waals surface area (Å²) >= 11 is 0. The largest absolute Gasteiger partial charge is 0.393 e. The van der Waals surface area contributed by atoms with Gasteiger partial charge in [-0.3, -0.25) is 0 Å². The fourth-order valence-corrected chi connectivity index (χ4v) is 8.60. The Kier molecular flexibility index (Phi) is 3.56. The van der Waals surface area contributed by atoms with Crippen molar-refractivity contribution in [1.29, 1.82) is 0 Å². The molecule has 4 aliphatic carbocycles. The molecule has 1 heterocycles. The van der Waals surface area contributed by atoms with Crippen LogP contribution in [0.2, 0.25) is 0 Å². The summed E-state index contributed by atoms with van der Waals surface area (Å²) < 4.78 is 5.89. The summed E-state index contributed by atoms with van der Waals surface area (Å²) in [6.07, 6.45) is 8.72. The lowest BCUT2D eigenvalue weighted by Gasteiger charge is -2.62. The molecule has 1 saturated heterocycles. The Hall–Kier alpha value is -0.120. The first-order valence-corrected chi connectivity index (χ1v) is 10.8. The van der Waals surface area contributed by atoms with Gasteiger partial charge in [0.2, 0.25) is 0 Å². The quantitative estimate of drug-likeness (QED) is 0.709. The molecule has 2 N–H and O–H groups in total. The lowest BCUT2D eigenvalue weighted by molar-refractivity contribution is -0.172. The van der Waals surface area contributed by atoms with Crippen molar-refractivity contribution in [3.05, 3.63) is 0 Å². The average Bonchev–Trinajstić information content (AvgIpc) is 3.18. The standard InChI is InChI=1S/C22H36O3/c1-20-8-6-13(23)10-17(20)18(24)11-14-15-4-5-19(22(3)12-25-22)21(15,2)9-7-16(14)20/h13-19,23-24H,4-12H2,1-3H3/t13-,14+,15+,16-,17-,18+,19+,20-,21+,22+/m1/s1. The minimum Gasteiger partial charge on any atom is -0.393 e. The van der Waals surface area contributed by atoms with Gasteiger partial charge in [-0.05, 0) is 98.7 Å². The van der Waals surface area contributed by atoms with E-state index in [-0.39, 0.29) is 23.2 Å². The van der Waals surface area contributed by atoms with Crippen molar-refractivity contribution in [2.24, 2.45) is 40.4 Å². The van der Waals surface area contributed by atoms with E-state index in [2.05, 4.69) is 20.8 Å². The van der Waals surface area contributed by atoms with Crippen molar-refractivity contribution in [2.45, 2.75) is 89.9 Å². The van der Waals surface area contributed by atoms with Crippen molar-refractivity contribution in [3.8, 4) is 0 Å². The predicted molar refractivity (Wildman–Crippen MR) is 97.0 cm³/mol. The predicted octanol–water partition coefficient (Wildman–Crippen LogP) is 3.77. The van der Waals surface area contributed by atoms with E-state index < -0.39 is 0 Å². The summed E-state index contributed by atoms with van der Waals surface area (Å²) in [5.41, 5.74) is 0.787. The lowest BCUT2D eigenvalue weighted by atomic mass is 9.44. The Morgan fingerprint density at radius 3 is 2.20 bits per heavy atom. The molecule has 0 unspecified atom stereocenters. The van der Waals surface area contributed by atoms with E-state index in [9.17, 15) is 10.2 Å². The van der Waals surface area contributed by atoms with Crippen LogP contribution in [0.3, 0.4) is 0 Å². The van der Waals surface area contributed by atoms with Gasteiger partial charge >= 0.3 is 0 Å². The molecular weight excluding hydrogens is 312 g/mol. The van der Waals surface area contributed by atoms with Gasteiger partial charge in [0.15, 0.2) is 0 Å². The summed E-state index contributed by atoms with van der Waals surface area (Å²) in [6, 6.07) is 0. The molecule has 0 spiro atoms. The fourth-order valence-electron chi connectivity index (χ4n) is 8.60. The van der Waals surface area contributed by atoms with Crippen molar-refractivity contribution >= 4 is 0 Å². The Morgan fingerprint density at radius 1 is 0.800 bits per heavy atom. The van der Waals surface area contributed by atoms with Gasteiger partial charge in [0.05, 0.1) is 24.4 Å². The number of ether oxygens (including phenoxy) is 1. The van der Waals surface area contributed by atoms with E-state index >= 15 is 0 Å². The molecule has 0 amide bonds. The van der Waals surface area contributed by atoms with Gasteiger partial charge in [0, 0.05) is 0 Å². The highest BCUT2D eigenvalue weighted by molar-refractivity contribution is 5.14. The van der Waals surface area contributed by atoms with Gasteiger partial charge in [0.25, 0.3) is 0 Å². The Bertz CT molecular complexity index is 557. The van der Waals surface area contributed by atoms with Crippen LogP contribution < -0.4 is 0 Å². The van der Waals surface area contributed by atoms with Crippen LogP contribution in [0.25, 0.3) is 0 Å². The van der Waals surface area contributed by atoms with Crippen LogP contribution in [0.15, 0.2) is 0 Å². The second-order valence-electron chi connectivity index (χ2n) is 11.0. The van der Waals surface area contributed by atoms with Crippen molar-refractivity contribution in [1.82, 2.24) is 0 Å². The summed E-state index contributed by atoms with van der Waals surface area (Å²) in [5, 5.41) is 21.2. The summed E-state index contributed by atoms with van der Waals surface area (Å²) in [7, 11) is 0. The molecule has 3 heteroatoms. The van der Waals surface area contributed by atoms with Crippen LogP contribution in [-0.2, 0) is 4.74 Å². The highest BCUT2D eigenvalue weighted by atomic mass is 16.6. The van der Waals surface area contributed by atoms with Crippen LogP contribution in [-0.4, -0.2) is 34.6 Å². The molecule has 1 aliphatic heterocycles. The number of aliphatic hydroxyl groups is 2. The monoisotopic (exact) mass is 348 g/mol. The second kappa shape index (κ2) is 5.23. The third-order valence-corrected chi connectivity index (χ3v) is 9.99. The zero-order valence-corrected chi connectivity index (χ0v) is 16.2. The molecule has 3 nitrogen and oxygen atoms in total. The molecule has 0 aromatic carbocycles. The first-order chi connectivity index (χ1) is 11.8. The van der Waals surface area contributed by atoms with E-state index in [1.54, 1.807) is 0 Å². The number of rotatable bonds is 1. The third-order valence-electron chi connectivity index (χ3n) is 9.99. The maximum Gasteiger partial charge on any atom is 0.0921 e. The number of fused-ring (bicyclic) bond motifs is 5. The maximum absolute atomic E-state index is 11.0. The molecule has 142 valence electrons. The number of epoxide rings is 1. The van der Waals surface area contributed by atoms with E-state index in [4.69, 9.17) is 4.74 Å². The Labute approximate surface area is 152 Å². The highest BCUT2D eigenvalue weighted by Crippen LogP contribution is 2.69. The number of hydrogen-bond donors (Lipinski definition) is 2. The topological polar surface area (TPSA) is 53.0 Å². The molecule has 25 heavy (non-hydrogen) atoms. The van der Waals surface area contributed by atoms with E-state index in [0.29, 0.717) is 23.2 Å². The third kappa shape index (κ3) is 2.21. The Morgan fingerprint density at radius 2 is 1.48 bits per heavy atom. The zero-order valence-electron chi connectivity index (χ0n) is 16.2. The smallest absolute Gasteiger partial charge is 0.0921 e. The second-order valence-corrected chi connectivity index (χ2v) is 11.0. The maximum atomic E-state index is 11.0. The molecule has 5 aliphatic rings. The minimum absolute atomic E-state index is 0.144. The molecule has 5 rings (SSSR count). The minimum atomic E-state index is -0.213. The fraction of sp³-hybridized carbons (Fsp3) is 1.00. The molecule has 0 bridgehead atoms. The number of aliphatic hydroxyl groups excluding tert-OH is 2. The molecule has 5 fully saturated rings. The summed E-state index contributed by atoms with van der Waals surface area (Å²) in [6.45, 7) is 8.27. The van der Waals surface area contributed by atoms with Crippen LogP contribution in [0.1, 0.15) is 72.1 Å². The van der Waals surface area contributed by atoms with Crippen LogP contribution in [0.5, 0.6) is 0 Å². The van der Waals surface area contributed by atoms with Gasteiger partial charge in [-0.2, -0.15) is 0 Å². The first-order valence-electron chi connectivity index (χ1n) is 10.8.